The van der Waals surface area contributed by atoms with Crippen molar-refractivity contribution < 1.29 is 23.9 Å². The van der Waals surface area contributed by atoms with Crippen LogP contribution in [0.5, 0.6) is 0 Å². The normalized spacial score (nSPS) is 12.8. The maximum atomic E-state index is 11.9. The number of carbonyl (C=O) groups excluding carboxylic acids is 3. The summed E-state index contributed by atoms with van der Waals surface area (Å²) in [5.74, 6) is -0.620. The topological polar surface area (TPSA) is 81.7 Å². The van der Waals surface area contributed by atoms with Crippen LogP contribution in [0.1, 0.15) is 54.4 Å². The minimum absolute atomic E-state index is 0.0571. The Hall–Kier alpha value is -1.59. The van der Waals surface area contributed by atoms with Crippen molar-refractivity contribution in [3.63, 3.8) is 0 Å². The highest BCUT2D eigenvalue weighted by atomic mass is 16.6. The zero-order valence-corrected chi connectivity index (χ0v) is 13.1. The molecule has 1 atom stereocenters. The van der Waals surface area contributed by atoms with Gasteiger partial charge in [-0.25, -0.2) is 9.59 Å². The van der Waals surface area contributed by atoms with Gasteiger partial charge in [-0.2, -0.15) is 0 Å². The Bertz CT molecular complexity index is 357. The largest absolute Gasteiger partial charge is 0.461 e. The number of ketones is 1. The summed E-state index contributed by atoms with van der Waals surface area (Å²) in [6.07, 6.45) is -0.608. The lowest BCUT2D eigenvalue weighted by Crippen LogP contribution is -2.45. The van der Waals surface area contributed by atoms with E-state index in [1.165, 1.54) is 6.92 Å². The molecule has 6 heteroatoms. The second-order valence-corrected chi connectivity index (χ2v) is 5.93. The molecule has 1 unspecified atom stereocenters. The second kappa shape index (κ2) is 7.87. The van der Waals surface area contributed by atoms with Crippen LogP contribution in [0.25, 0.3) is 0 Å². The maximum Gasteiger partial charge on any atom is 0.408 e. The fourth-order valence-corrected chi connectivity index (χ4v) is 1.36. The molecule has 0 aliphatic heterocycles. The third kappa shape index (κ3) is 9.35. The molecule has 0 saturated carbocycles. The van der Waals surface area contributed by atoms with Crippen LogP contribution >= 0.6 is 0 Å². The molecule has 0 saturated heterocycles. The lowest BCUT2D eigenvalue weighted by molar-refractivity contribution is -0.150. The van der Waals surface area contributed by atoms with Gasteiger partial charge >= 0.3 is 12.1 Å². The molecule has 116 valence electrons. The first-order valence-electron chi connectivity index (χ1n) is 6.70. The molecule has 0 heterocycles. The van der Waals surface area contributed by atoms with Gasteiger partial charge in [0, 0.05) is 6.42 Å². The summed E-state index contributed by atoms with van der Waals surface area (Å²) in [6, 6.07) is -0.879. The Labute approximate surface area is 120 Å². The molecule has 20 heavy (non-hydrogen) atoms. The number of nitrogens with one attached hydrogen (secondary N) is 1. The summed E-state index contributed by atoms with van der Waals surface area (Å²) in [7, 11) is 0. The van der Waals surface area contributed by atoms with Gasteiger partial charge in [0.2, 0.25) is 0 Å². The molecule has 0 spiro atoms. The average Bonchev–Trinajstić information content (AvgIpc) is 2.19. The quantitative estimate of drug-likeness (QED) is 0.757. The summed E-state index contributed by atoms with van der Waals surface area (Å²) in [5, 5.41) is 2.45. The number of amides is 1. The number of Topliss-reactive ketones (excluding diaryl/α,β-unsaturated/α-hetero) is 1. The van der Waals surface area contributed by atoms with E-state index in [0.29, 0.717) is 0 Å². The van der Waals surface area contributed by atoms with Crippen LogP contribution in [0.3, 0.4) is 0 Å². The molecular weight excluding hydrogens is 262 g/mol. The Kier molecular flexibility index (Phi) is 7.24. The van der Waals surface area contributed by atoms with Gasteiger partial charge in [0.1, 0.15) is 17.4 Å². The van der Waals surface area contributed by atoms with E-state index in [1.807, 2.05) is 0 Å². The van der Waals surface area contributed by atoms with Crippen LogP contribution in [0, 0.1) is 0 Å². The van der Waals surface area contributed by atoms with Crippen LogP contribution in [0.4, 0.5) is 4.79 Å². The molecule has 1 N–H and O–H groups in total. The zero-order valence-electron chi connectivity index (χ0n) is 13.1. The molecule has 0 rings (SSSR count). The lowest BCUT2D eigenvalue weighted by Gasteiger charge is -2.23. The van der Waals surface area contributed by atoms with Crippen LogP contribution in [0.2, 0.25) is 0 Å². The van der Waals surface area contributed by atoms with E-state index in [0.717, 1.165) is 0 Å². The first-order valence-corrected chi connectivity index (χ1v) is 6.70. The standard InChI is InChI=1S/C14H25NO5/c1-9(2)19-12(17)11(8-7-10(3)16)15-13(18)20-14(4,5)6/h9,11H,7-8H2,1-6H3,(H,15,18). The monoisotopic (exact) mass is 287 g/mol. The Morgan fingerprint density at radius 3 is 2.10 bits per heavy atom. The maximum absolute atomic E-state index is 11.9. The number of hydrogen-bond acceptors (Lipinski definition) is 5. The fraction of sp³-hybridized carbons (Fsp3) is 0.786. The highest BCUT2D eigenvalue weighted by molar-refractivity contribution is 5.83. The smallest absolute Gasteiger partial charge is 0.408 e. The van der Waals surface area contributed by atoms with Crippen LogP contribution in [0.15, 0.2) is 0 Å². The van der Waals surface area contributed by atoms with Crippen molar-refractivity contribution in [3.8, 4) is 0 Å². The third-order valence-corrected chi connectivity index (χ3v) is 2.11. The summed E-state index contributed by atoms with van der Waals surface area (Å²) in [5.41, 5.74) is -0.656. The van der Waals surface area contributed by atoms with E-state index >= 15 is 0 Å². The van der Waals surface area contributed by atoms with E-state index in [1.54, 1.807) is 34.6 Å². The highest BCUT2D eigenvalue weighted by Crippen LogP contribution is 2.09. The van der Waals surface area contributed by atoms with Crippen molar-refractivity contribution in [1.29, 1.82) is 0 Å². The van der Waals surface area contributed by atoms with E-state index in [9.17, 15) is 14.4 Å². The number of alkyl carbamates (subject to hydrolysis) is 1. The Balaban J connectivity index is 4.63. The number of carbonyl (C=O) groups is 3. The summed E-state index contributed by atoms with van der Waals surface area (Å²) in [6.45, 7) is 10.0. The second-order valence-electron chi connectivity index (χ2n) is 5.93. The number of ether oxygens (including phenoxy) is 2. The van der Waals surface area contributed by atoms with Gasteiger partial charge in [-0.15, -0.1) is 0 Å². The van der Waals surface area contributed by atoms with Crippen molar-refractivity contribution in [2.75, 3.05) is 0 Å². The number of rotatable bonds is 6. The summed E-state index contributed by atoms with van der Waals surface area (Å²) >= 11 is 0. The predicted octanol–water partition coefficient (Wildman–Crippen LogP) is 2.20. The van der Waals surface area contributed by atoms with Crippen LogP contribution in [-0.2, 0) is 19.1 Å². The molecular formula is C14H25NO5. The molecule has 1 amide bonds. The van der Waals surface area contributed by atoms with Crippen LogP contribution in [-0.4, -0.2) is 35.6 Å². The molecule has 0 fully saturated rings. The highest BCUT2D eigenvalue weighted by Gasteiger charge is 2.26. The first kappa shape index (κ1) is 18.4. The lowest BCUT2D eigenvalue weighted by atomic mass is 10.1. The Morgan fingerprint density at radius 1 is 1.15 bits per heavy atom. The minimum Gasteiger partial charge on any atom is -0.461 e. The molecule has 0 aromatic heterocycles. The molecule has 0 radical (unpaired) electrons. The molecule has 0 aromatic rings. The average molecular weight is 287 g/mol. The fourth-order valence-electron chi connectivity index (χ4n) is 1.36. The van der Waals surface area contributed by atoms with Gasteiger partial charge in [0.15, 0.2) is 0 Å². The van der Waals surface area contributed by atoms with Crippen molar-refractivity contribution in [3.05, 3.63) is 0 Å². The SMILES string of the molecule is CC(=O)CCC(NC(=O)OC(C)(C)C)C(=O)OC(C)C. The van der Waals surface area contributed by atoms with Crippen molar-refractivity contribution in [2.45, 2.75) is 72.1 Å². The van der Waals surface area contributed by atoms with Crippen LogP contribution < -0.4 is 5.32 Å². The van der Waals surface area contributed by atoms with E-state index in [4.69, 9.17) is 9.47 Å². The van der Waals surface area contributed by atoms with Gasteiger partial charge in [0.25, 0.3) is 0 Å². The number of esters is 1. The van der Waals surface area contributed by atoms with Gasteiger partial charge in [0.05, 0.1) is 6.10 Å². The Morgan fingerprint density at radius 2 is 1.70 bits per heavy atom. The zero-order chi connectivity index (χ0) is 15.9. The molecule has 0 aliphatic rings. The van der Waals surface area contributed by atoms with Gasteiger partial charge in [-0.05, 0) is 48.0 Å². The van der Waals surface area contributed by atoms with E-state index < -0.39 is 23.7 Å². The van der Waals surface area contributed by atoms with Crippen molar-refractivity contribution in [1.82, 2.24) is 5.32 Å². The third-order valence-electron chi connectivity index (χ3n) is 2.11. The van der Waals surface area contributed by atoms with Crippen molar-refractivity contribution >= 4 is 17.8 Å². The predicted molar refractivity (Wildman–Crippen MR) is 74.3 cm³/mol. The van der Waals surface area contributed by atoms with E-state index in [2.05, 4.69) is 5.32 Å². The van der Waals surface area contributed by atoms with E-state index in [-0.39, 0.29) is 24.7 Å². The van der Waals surface area contributed by atoms with Crippen molar-refractivity contribution in [2.24, 2.45) is 0 Å². The summed E-state index contributed by atoms with van der Waals surface area (Å²) in [4.78, 5) is 34.6. The minimum atomic E-state index is -0.879. The van der Waals surface area contributed by atoms with Gasteiger partial charge in [-0.1, -0.05) is 0 Å². The molecule has 0 aliphatic carbocycles. The summed E-state index contributed by atoms with van der Waals surface area (Å²) < 4.78 is 10.1. The van der Waals surface area contributed by atoms with Gasteiger partial charge in [-0.3, -0.25) is 0 Å². The molecule has 0 bridgehead atoms. The molecule has 6 nitrogen and oxygen atoms in total. The van der Waals surface area contributed by atoms with Gasteiger partial charge < -0.3 is 19.6 Å². The first-order chi connectivity index (χ1) is 9.01. The number of hydrogen-bond donors (Lipinski definition) is 1. The molecule has 0 aromatic carbocycles.